The molecule has 0 aromatic rings. The molecule has 2 rings (SSSR count). The van der Waals surface area contributed by atoms with Gasteiger partial charge in [-0.1, -0.05) is 58.4 Å². The lowest BCUT2D eigenvalue weighted by molar-refractivity contribution is -0.151. The van der Waals surface area contributed by atoms with Crippen LogP contribution in [0.3, 0.4) is 0 Å². The lowest BCUT2D eigenvalue weighted by Gasteiger charge is -2.33. The Morgan fingerprint density at radius 3 is 2.70 bits per heavy atom. The summed E-state index contributed by atoms with van der Waals surface area (Å²) in [6, 6.07) is 0. The number of esters is 1. The summed E-state index contributed by atoms with van der Waals surface area (Å²) in [5, 5.41) is 46.1. The summed E-state index contributed by atoms with van der Waals surface area (Å²) in [4.78, 5) is 12.7. The van der Waals surface area contributed by atoms with Gasteiger partial charge in [0.05, 0.1) is 36.4 Å². The number of carbonyl (C=O) groups is 1. The Balaban J connectivity index is 2.19. The Hall–Kier alpha value is -1.82. The second-order valence-electron chi connectivity index (χ2n) is 12.8. The molecule has 1 fully saturated rings. The van der Waals surface area contributed by atoms with Gasteiger partial charge < -0.3 is 40.0 Å². The van der Waals surface area contributed by atoms with Crippen molar-refractivity contribution in [2.75, 3.05) is 6.54 Å². The van der Waals surface area contributed by atoms with Crippen LogP contribution in [0.2, 0.25) is 0 Å². The highest BCUT2D eigenvalue weighted by atomic mass is 32.1. The summed E-state index contributed by atoms with van der Waals surface area (Å²) in [6.45, 7) is 13.7. The van der Waals surface area contributed by atoms with E-state index in [4.69, 9.17) is 26.4 Å². The Labute approximate surface area is 263 Å². The van der Waals surface area contributed by atoms with Crippen LogP contribution in [0.4, 0.5) is 0 Å². The summed E-state index contributed by atoms with van der Waals surface area (Å²) in [5.41, 5.74) is -1.74. The molecule has 9 nitrogen and oxygen atoms in total. The number of aliphatic hydroxyl groups excluding tert-OH is 2. The van der Waals surface area contributed by atoms with Crippen molar-refractivity contribution in [2.45, 2.75) is 141 Å². The van der Waals surface area contributed by atoms with Crippen LogP contribution in [-0.4, -0.2) is 85.9 Å². The minimum atomic E-state index is -1.35. The fourth-order valence-electron chi connectivity index (χ4n) is 5.33. The van der Waals surface area contributed by atoms with E-state index >= 15 is 0 Å². The number of ether oxygens (including phenoxy) is 3. The van der Waals surface area contributed by atoms with Crippen LogP contribution in [-0.2, 0) is 19.0 Å². The molecule has 0 radical (unpaired) electrons. The molecule has 1 saturated heterocycles. The van der Waals surface area contributed by atoms with Crippen LogP contribution in [0.5, 0.6) is 0 Å². The highest BCUT2D eigenvalue weighted by molar-refractivity contribution is 7.80. The molecule has 0 spiro atoms. The Kier molecular flexibility index (Phi) is 14.8. The van der Waals surface area contributed by atoms with Gasteiger partial charge in [-0.25, -0.2) is 0 Å². The lowest BCUT2D eigenvalue weighted by Crippen LogP contribution is -2.44. The molecule has 2 aliphatic heterocycles. The molecule has 43 heavy (non-hydrogen) atoms. The maximum absolute atomic E-state index is 12.7. The van der Waals surface area contributed by atoms with E-state index in [9.17, 15) is 25.2 Å². The van der Waals surface area contributed by atoms with Crippen LogP contribution in [0, 0.1) is 11.8 Å². The van der Waals surface area contributed by atoms with Gasteiger partial charge in [-0.3, -0.25) is 4.79 Å². The molecule has 0 amide bonds. The number of nitrogens with one attached hydrogen (secondary N) is 1. The van der Waals surface area contributed by atoms with Gasteiger partial charge in [0.25, 0.3) is 5.17 Å². The average Bonchev–Trinajstić information content (AvgIpc) is 3.69. The van der Waals surface area contributed by atoms with Crippen molar-refractivity contribution in [1.82, 2.24) is 5.32 Å². The number of allylic oxidation sites excluding steroid dienone is 2. The number of epoxide rings is 1. The summed E-state index contributed by atoms with van der Waals surface area (Å²) in [7, 11) is 0. The second kappa shape index (κ2) is 17.0. The second-order valence-corrected chi connectivity index (χ2v) is 13.2. The number of rotatable bonds is 12. The van der Waals surface area contributed by atoms with E-state index in [2.05, 4.69) is 12.2 Å². The van der Waals surface area contributed by atoms with Gasteiger partial charge in [0.2, 0.25) is 0 Å². The smallest absolute Gasteiger partial charge is 0.309 e. The first kappa shape index (κ1) is 37.4. The third-order valence-corrected chi connectivity index (χ3v) is 8.64. The number of cyclic esters (lactones) is 1. The molecular weight excluding hydrogens is 570 g/mol. The molecule has 2 heterocycles. The molecule has 0 aromatic carbocycles. The quantitative estimate of drug-likeness (QED) is 0.0534. The molecule has 10 atom stereocenters. The summed E-state index contributed by atoms with van der Waals surface area (Å²) in [5.74, 6) is -0.834. The van der Waals surface area contributed by atoms with E-state index in [0.717, 1.165) is 18.4 Å². The van der Waals surface area contributed by atoms with Gasteiger partial charge >= 0.3 is 5.97 Å². The summed E-state index contributed by atoms with van der Waals surface area (Å²) in [6.07, 6.45) is 8.93. The molecule has 0 saturated carbocycles. The van der Waals surface area contributed by atoms with Crippen LogP contribution in [0.1, 0.15) is 93.4 Å². The number of hydrogen-bond acceptors (Lipinski definition) is 9. The fraction of sp³-hybridized carbons (Fsp3) is 0.758. The normalized spacial score (nSPS) is 34.2. The zero-order valence-corrected chi connectivity index (χ0v) is 27.8. The Bertz CT molecular complexity index is 993. The monoisotopic (exact) mass is 625 g/mol. The number of thiocarbonyl (C=S) groups is 1. The van der Waals surface area contributed by atoms with Crippen molar-refractivity contribution in [1.29, 1.82) is 0 Å². The molecule has 246 valence electrons. The Morgan fingerprint density at radius 1 is 1.35 bits per heavy atom. The molecule has 10 unspecified atom stereocenters. The number of carbonyl (C=O) groups excluding carboxylic acids is 1. The molecule has 10 heteroatoms. The predicted molar refractivity (Wildman–Crippen MR) is 171 cm³/mol. The fourth-order valence-corrected chi connectivity index (χ4v) is 5.53. The zero-order valence-electron chi connectivity index (χ0n) is 27.0. The third-order valence-electron chi connectivity index (χ3n) is 8.40. The van der Waals surface area contributed by atoms with Crippen molar-refractivity contribution in [3.63, 3.8) is 0 Å². The highest BCUT2D eigenvalue weighted by Crippen LogP contribution is 2.37. The highest BCUT2D eigenvalue weighted by Gasteiger charge is 2.47. The first-order valence-electron chi connectivity index (χ1n) is 15.7. The van der Waals surface area contributed by atoms with E-state index in [0.29, 0.717) is 19.4 Å². The largest absolute Gasteiger partial charge is 0.460 e. The Morgan fingerprint density at radius 2 is 2.05 bits per heavy atom. The molecule has 0 aromatic heterocycles. The van der Waals surface area contributed by atoms with Crippen molar-refractivity contribution in [3.8, 4) is 0 Å². The number of hydrogen-bond donors (Lipinski definition) is 5. The zero-order chi connectivity index (χ0) is 32.4. The van der Waals surface area contributed by atoms with Crippen LogP contribution >= 0.6 is 12.2 Å². The van der Waals surface area contributed by atoms with Crippen molar-refractivity contribution in [3.05, 3.63) is 36.0 Å². The number of unbranched alkanes of at least 4 members (excludes halogenated alkanes) is 1. The first-order valence-corrected chi connectivity index (χ1v) is 16.2. The van der Waals surface area contributed by atoms with Gasteiger partial charge in [-0.15, -0.1) is 0 Å². The number of aliphatic hydroxyl groups is 4. The van der Waals surface area contributed by atoms with Gasteiger partial charge in [-0.05, 0) is 70.3 Å². The van der Waals surface area contributed by atoms with E-state index in [-0.39, 0.29) is 48.5 Å². The SMILES string of the molecule is CCCCNC(=S)OC1/C=C\C(C)C(/C(C)=C/C=C/C(C)(O)CC2OC2C(C)C(O)CC)OC(=O)CC(O)CCC1(C)O. The lowest BCUT2D eigenvalue weighted by atomic mass is 9.88. The van der Waals surface area contributed by atoms with Crippen LogP contribution in [0.25, 0.3) is 0 Å². The third kappa shape index (κ3) is 12.6. The van der Waals surface area contributed by atoms with Crippen LogP contribution < -0.4 is 5.32 Å². The van der Waals surface area contributed by atoms with E-state index < -0.39 is 41.6 Å². The summed E-state index contributed by atoms with van der Waals surface area (Å²) < 4.78 is 17.5. The van der Waals surface area contributed by atoms with Crippen LogP contribution in [0.15, 0.2) is 36.0 Å². The van der Waals surface area contributed by atoms with Gasteiger partial charge in [0, 0.05) is 24.8 Å². The molecule has 5 N–H and O–H groups in total. The average molecular weight is 626 g/mol. The minimum absolute atomic E-state index is 0.00218. The first-order chi connectivity index (χ1) is 20.1. The summed E-state index contributed by atoms with van der Waals surface area (Å²) >= 11 is 5.36. The topological polar surface area (TPSA) is 141 Å². The minimum Gasteiger partial charge on any atom is -0.460 e. The maximum Gasteiger partial charge on any atom is 0.309 e. The molecule has 0 aliphatic carbocycles. The van der Waals surface area contributed by atoms with Gasteiger partial charge in [0.15, 0.2) is 0 Å². The van der Waals surface area contributed by atoms with E-state index in [1.165, 1.54) is 0 Å². The van der Waals surface area contributed by atoms with Crippen molar-refractivity contribution in [2.24, 2.45) is 11.8 Å². The molecule has 2 aliphatic rings. The maximum atomic E-state index is 12.7. The molecular formula is C33H55NO8S. The standard InChI is InChI=1S/C33H55NO8S/c1-8-10-18-34-31(43)41-27-14-13-22(4)29(42-28(37)19-24(35)15-17-33(27,7)39)21(3)12-11-16-32(6,38)20-26-30(40-26)23(5)25(36)9-2/h11-14,16,22-27,29-30,35-36,38-39H,8-10,15,17-20H2,1-7H3,(H,34,43)/b14-13-,16-11+,21-12+. The van der Waals surface area contributed by atoms with E-state index in [1.54, 1.807) is 38.2 Å². The van der Waals surface area contributed by atoms with Crippen molar-refractivity contribution >= 4 is 23.4 Å². The van der Waals surface area contributed by atoms with Gasteiger partial charge in [-0.2, -0.15) is 0 Å². The van der Waals surface area contributed by atoms with E-state index in [1.807, 2.05) is 33.8 Å². The van der Waals surface area contributed by atoms with Gasteiger partial charge in [0.1, 0.15) is 17.8 Å². The molecule has 0 bridgehead atoms. The van der Waals surface area contributed by atoms with Crippen molar-refractivity contribution < 1.29 is 39.4 Å². The predicted octanol–water partition coefficient (Wildman–Crippen LogP) is 4.26.